The lowest BCUT2D eigenvalue weighted by atomic mass is 9.97. The van der Waals surface area contributed by atoms with E-state index in [0.29, 0.717) is 0 Å². The van der Waals surface area contributed by atoms with Gasteiger partial charge in [-0.15, -0.1) is 0 Å². The van der Waals surface area contributed by atoms with Crippen molar-refractivity contribution in [3.8, 4) is 11.3 Å². The molecule has 0 radical (unpaired) electrons. The monoisotopic (exact) mass is 232 g/mol. The van der Waals surface area contributed by atoms with E-state index in [1.807, 2.05) is 12.5 Å². The van der Waals surface area contributed by atoms with Crippen LogP contribution in [0, 0.1) is 0 Å². The smallest absolute Gasteiger partial charge is 0.0959 e. The Morgan fingerprint density at radius 1 is 0.889 bits per heavy atom. The van der Waals surface area contributed by atoms with Crippen molar-refractivity contribution in [3.05, 3.63) is 78.2 Å². The number of nitrogens with zero attached hydrogens (tertiary/aromatic N) is 2. The molecule has 0 spiro atoms. The van der Waals surface area contributed by atoms with Crippen LogP contribution in [-0.2, 0) is 0 Å². The molecular weight excluding hydrogens is 220 g/mol. The van der Waals surface area contributed by atoms with Crippen molar-refractivity contribution in [1.29, 1.82) is 0 Å². The maximum atomic E-state index is 4.28. The van der Waals surface area contributed by atoms with Crippen LogP contribution in [-0.4, -0.2) is 9.55 Å². The van der Waals surface area contributed by atoms with Crippen LogP contribution in [0.3, 0.4) is 0 Å². The van der Waals surface area contributed by atoms with Gasteiger partial charge in [0.15, 0.2) is 0 Å². The lowest BCUT2D eigenvalue weighted by molar-refractivity contribution is 0.712. The summed E-state index contributed by atoms with van der Waals surface area (Å²) in [5.74, 6) is 0. The second-order valence-corrected chi connectivity index (χ2v) is 4.59. The van der Waals surface area contributed by atoms with Crippen LogP contribution in [0.2, 0.25) is 0 Å². The van der Waals surface area contributed by atoms with Crippen LogP contribution in [0.4, 0.5) is 0 Å². The summed E-state index contributed by atoms with van der Waals surface area (Å²) in [6, 6.07) is 19.4. The summed E-state index contributed by atoms with van der Waals surface area (Å²) in [5.41, 5.74) is 5.17. The molecule has 0 saturated heterocycles. The van der Waals surface area contributed by atoms with E-state index in [1.54, 1.807) is 0 Å². The van der Waals surface area contributed by atoms with Crippen molar-refractivity contribution < 1.29 is 0 Å². The Labute approximate surface area is 106 Å². The molecule has 0 N–H and O–H groups in total. The number of hydrogen-bond donors (Lipinski definition) is 0. The van der Waals surface area contributed by atoms with E-state index >= 15 is 0 Å². The fraction of sp³-hybridized carbons (Fsp3) is 0.0625. The number of aromatic nitrogens is 2. The van der Waals surface area contributed by atoms with Gasteiger partial charge in [-0.2, -0.15) is 0 Å². The van der Waals surface area contributed by atoms with Crippen LogP contribution in [0.1, 0.15) is 17.2 Å². The van der Waals surface area contributed by atoms with Gasteiger partial charge < -0.3 is 4.57 Å². The minimum Gasteiger partial charge on any atom is -0.319 e. The highest BCUT2D eigenvalue weighted by atomic mass is 15.1. The quantitative estimate of drug-likeness (QED) is 0.491. The lowest BCUT2D eigenvalue weighted by Crippen LogP contribution is -2.06. The third kappa shape index (κ3) is 1.20. The number of fused-ring (bicyclic) bond motifs is 3. The van der Waals surface area contributed by atoms with Crippen molar-refractivity contribution in [2.75, 3.05) is 0 Å². The Kier molecular flexibility index (Phi) is 1.92. The molecule has 2 nitrogen and oxygen atoms in total. The number of imidazole rings is 1. The molecule has 2 heterocycles. The maximum absolute atomic E-state index is 4.28. The molecule has 0 unspecified atom stereocenters. The summed E-state index contributed by atoms with van der Waals surface area (Å²) in [7, 11) is 0. The van der Waals surface area contributed by atoms with Crippen LogP contribution < -0.4 is 0 Å². The zero-order valence-electron chi connectivity index (χ0n) is 9.82. The molecular formula is C16H12N2. The summed E-state index contributed by atoms with van der Waals surface area (Å²) in [6.07, 6.45) is 3.87. The summed E-state index contributed by atoms with van der Waals surface area (Å²) < 4.78 is 2.25. The molecule has 2 heteroatoms. The number of rotatable bonds is 1. The Hall–Kier alpha value is -2.35. The van der Waals surface area contributed by atoms with Gasteiger partial charge in [0.25, 0.3) is 0 Å². The van der Waals surface area contributed by atoms with Gasteiger partial charge in [0.2, 0.25) is 0 Å². The first kappa shape index (κ1) is 9.66. The number of benzene rings is 2. The average Bonchev–Trinajstić information content (AvgIpc) is 2.99. The van der Waals surface area contributed by atoms with Crippen molar-refractivity contribution >= 4 is 0 Å². The minimum atomic E-state index is 0.264. The molecule has 1 atom stereocenters. The predicted molar refractivity (Wildman–Crippen MR) is 71.3 cm³/mol. The molecule has 1 aromatic heterocycles. The van der Waals surface area contributed by atoms with Gasteiger partial charge in [-0.05, 0) is 11.1 Å². The average molecular weight is 232 g/mol. The molecule has 0 aliphatic carbocycles. The van der Waals surface area contributed by atoms with Gasteiger partial charge >= 0.3 is 0 Å². The molecule has 18 heavy (non-hydrogen) atoms. The summed E-state index contributed by atoms with van der Waals surface area (Å²) >= 11 is 0. The first-order chi connectivity index (χ1) is 8.95. The third-order valence-electron chi connectivity index (χ3n) is 3.59. The standard InChI is InChI=1S/C16H12N2/c1-2-6-12(7-3-1)16-14-9-5-4-8-13(14)15-10-17-11-18(15)16/h1-11,16H/t16-/m0/s1. The lowest BCUT2D eigenvalue weighted by Gasteiger charge is -2.14. The topological polar surface area (TPSA) is 17.8 Å². The second kappa shape index (κ2) is 3.57. The first-order valence-electron chi connectivity index (χ1n) is 6.11. The second-order valence-electron chi connectivity index (χ2n) is 4.59. The van der Waals surface area contributed by atoms with E-state index in [0.717, 1.165) is 0 Å². The summed E-state index contributed by atoms with van der Waals surface area (Å²) in [4.78, 5) is 4.28. The van der Waals surface area contributed by atoms with Crippen molar-refractivity contribution in [3.63, 3.8) is 0 Å². The fourth-order valence-electron chi connectivity index (χ4n) is 2.81. The summed E-state index contributed by atoms with van der Waals surface area (Å²) in [6.45, 7) is 0. The number of hydrogen-bond acceptors (Lipinski definition) is 1. The van der Waals surface area contributed by atoms with Crippen molar-refractivity contribution in [2.45, 2.75) is 6.04 Å². The highest BCUT2D eigenvalue weighted by molar-refractivity contribution is 5.70. The molecule has 0 saturated carbocycles. The normalized spacial score (nSPS) is 16.3. The molecule has 0 bridgehead atoms. The van der Waals surface area contributed by atoms with Gasteiger partial charge in [0, 0.05) is 5.56 Å². The van der Waals surface area contributed by atoms with Crippen LogP contribution in [0.15, 0.2) is 67.1 Å². The molecule has 0 amide bonds. The van der Waals surface area contributed by atoms with Gasteiger partial charge in [-0.3, -0.25) is 0 Å². The van der Waals surface area contributed by atoms with E-state index in [9.17, 15) is 0 Å². The van der Waals surface area contributed by atoms with E-state index in [4.69, 9.17) is 0 Å². The van der Waals surface area contributed by atoms with E-state index in [1.165, 1.54) is 22.4 Å². The van der Waals surface area contributed by atoms with Gasteiger partial charge in [0.05, 0.1) is 24.3 Å². The Bertz CT molecular complexity index is 698. The zero-order valence-corrected chi connectivity index (χ0v) is 9.82. The van der Waals surface area contributed by atoms with Crippen LogP contribution >= 0.6 is 0 Å². The van der Waals surface area contributed by atoms with Crippen LogP contribution in [0.25, 0.3) is 11.3 Å². The highest BCUT2D eigenvalue weighted by Gasteiger charge is 2.28. The van der Waals surface area contributed by atoms with Gasteiger partial charge in [0.1, 0.15) is 0 Å². The molecule has 1 aliphatic heterocycles. The largest absolute Gasteiger partial charge is 0.319 e. The molecule has 86 valence electrons. The SMILES string of the molecule is c1ccc([C@H]2c3ccccc3-c3cncn32)cc1. The maximum Gasteiger partial charge on any atom is 0.0959 e. The Morgan fingerprint density at radius 3 is 2.56 bits per heavy atom. The highest BCUT2D eigenvalue weighted by Crippen LogP contribution is 2.42. The molecule has 0 fully saturated rings. The van der Waals surface area contributed by atoms with Gasteiger partial charge in [-0.1, -0.05) is 54.6 Å². The summed E-state index contributed by atoms with van der Waals surface area (Å²) in [5, 5.41) is 0. The van der Waals surface area contributed by atoms with Crippen molar-refractivity contribution in [1.82, 2.24) is 9.55 Å². The Morgan fingerprint density at radius 2 is 1.67 bits per heavy atom. The zero-order chi connectivity index (χ0) is 11.9. The molecule has 1 aliphatic rings. The Balaban J connectivity index is 2.00. The predicted octanol–water partition coefficient (Wildman–Crippen LogP) is 3.50. The van der Waals surface area contributed by atoms with E-state index in [2.05, 4.69) is 64.1 Å². The van der Waals surface area contributed by atoms with Gasteiger partial charge in [-0.25, -0.2) is 4.98 Å². The molecule has 2 aromatic carbocycles. The van der Waals surface area contributed by atoms with Crippen LogP contribution in [0.5, 0.6) is 0 Å². The minimum absolute atomic E-state index is 0.264. The fourth-order valence-corrected chi connectivity index (χ4v) is 2.81. The molecule has 3 aromatic rings. The first-order valence-corrected chi connectivity index (χ1v) is 6.11. The molecule has 4 rings (SSSR count). The third-order valence-corrected chi connectivity index (χ3v) is 3.59. The van der Waals surface area contributed by atoms with E-state index in [-0.39, 0.29) is 6.04 Å². The van der Waals surface area contributed by atoms with E-state index < -0.39 is 0 Å². The van der Waals surface area contributed by atoms with Crippen molar-refractivity contribution in [2.24, 2.45) is 0 Å².